The Labute approximate surface area is 144 Å². The molecule has 5 heteroatoms. The van der Waals surface area contributed by atoms with Crippen LogP contribution in [0.4, 0.5) is 4.79 Å². The normalized spacial score (nSPS) is 10.2. The number of hydrogen-bond donors (Lipinski definition) is 1. The van der Waals surface area contributed by atoms with Crippen molar-refractivity contribution < 1.29 is 19.1 Å². The highest BCUT2D eigenvalue weighted by molar-refractivity contribution is 5.71. The van der Waals surface area contributed by atoms with Gasteiger partial charge in [0.1, 0.15) is 6.61 Å². The molecule has 5 nitrogen and oxygen atoms in total. The molecule has 0 saturated carbocycles. The zero-order valence-corrected chi connectivity index (χ0v) is 14.6. The van der Waals surface area contributed by atoms with Gasteiger partial charge in [-0.15, -0.1) is 0 Å². The van der Waals surface area contributed by atoms with E-state index in [1.165, 1.54) is 25.7 Å². The summed E-state index contributed by atoms with van der Waals surface area (Å²) in [6, 6.07) is 9.44. The highest BCUT2D eigenvalue weighted by Crippen LogP contribution is 2.05. The van der Waals surface area contributed by atoms with Gasteiger partial charge in [-0.1, -0.05) is 69.4 Å². The van der Waals surface area contributed by atoms with Crippen molar-refractivity contribution in [2.24, 2.45) is 0 Å². The van der Waals surface area contributed by atoms with E-state index in [0.29, 0.717) is 6.61 Å². The fourth-order valence-corrected chi connectivity index (χ4v) is 2.18. The molecular weight excluding hydrogens is 306 g/mol. The third kappa shape index (κ3) is 10.6. The number of amides is 1. The molecule has 0 radical (unpaired) electrons. The maximum Gasteiger partial charge on any atom is 0.407 e. The summed E-state index contributed by atoms with van der Waals surface area (Å²) in [4.78, 5) is 23.0. The summed E-state index contributed by atoms with van der Waals surface area (Å²) in [5.74, 6) is -0.285. The van der Waals surface area contributed by atoms with Crippen LogP contribution in [0.3, 0.4) is 0 Å². The van der Waals surface area contributed by atoms with E-state index < -0.39 is 6.09 Å². The summed E-state index contributed by atoms with van der Waals surface area (Å²) in [5.41, 5.74) is 0.922. The van der Waals surface area contributed by atoms with Gasteiger partial charge in [0.25, 0.3) is 0 Å². The quantitative estimate of drug-likeness (QED) is 0.459. The molecule has 0 bridgehead atoms. The Bertz CT molecular complexity index is 462. The smallest absolute Gasteiger partial charge is 0.407 e. The van der Waals surface area contributed by atoms with Gasteiger partial charge in [0.05, 0.1) is 13.0 Å². The Morgan fingerprint density at radius 1 is 0.958 bits per heavy atom. The Morgan fingerprint density at radius 2 is 1.67 bits per heavy atom. The number of rotatable bonds is 12. The Hall–Kier alpha value is -2.04. The van der Waals surface area contributed by atoms with Gasteiger partial charge in [-0.25, -0.2) is 4.79 Å². The molecule has 0 spiro atoms. The van der Waals surface area contributed by atoms with Crippen molar-refractivity contribution in [3.05, 3.63) is 35.9 Å². The predicted octanol–water partition coefficient (Wildman–Crippen LogP) is 4.21. The number of unbranched alkanes of at least 4 members (excludes halogenated alkanes) is 5. The van der Waals surface area contributed by atoms with E-state index in [0.717, 1.165) is 18.4 Å². The first-order chi connectivity index (χ1) is 11.7. The van der Waals surface area contributed by atoms with Crippen LogP contribution in [0.2, 0.25) is 0 Å². The molecule has 0 fully saturated rings. The first-order valence-corrected chi connectivity index (χ1v) is 8.82. The molecule has 0 aromatic heterocycles. The molecule has 1 N–H and O–H groups in total. The van der Waals surface area contributed by atoms with Crippen LogP contribution >= 0.6 is 0 Å². The summed E-state index contributed by atoms with van der Waals surface area (Å²) in [6.07, 6.45) is 6.58. The van der Waals surface area contributed by atoms with Crippen LogP contribution in [-0.4, -0.2) is 25.2 Å². The van der Waals surface area contributed by atoms with Crippen LogP contribution in [0.15, 0.2) is 30.3 Å². The average molecular weight is 335 g/mol. The molecule has 1 rings (SSSR count). The Morgan fingerprint density at radius 3 is 2.42 bits per heavy atom. The van der Waals surface area contributed by atoms with Crippen molar-refractivity contribution in [2.75, 3.05) is 13.2 Å². The maximum absolute atomic E-state index is 11.5. The van der Waals surface area contributed by atoms with Crippen LogP contribution < -0.4 is 5.32 Å². The minimum absolute atomic E-state index is 0.163. The lowest BCUT2D eigenvalue weighted by molar-refractivity contribution is -0.143. The molecule has 0 atom stereocenters. The van der Waals surface area contributed by atoms with Gasteiger partial charge >= 0.3 is 12.1 Å². The molecule has 0 aliphatic rings. The molecule has 1 aromatic rings. The van der Waals surface area contributed by atoms with Crippen molar-refractivity contribution in [3.8, 4) is 0 Å². The van der Waals surface area contributed by atoms with Gasteiger partial charge in [0.15, 0.2) is 0 Å². The lowest BCUT2D eigenvalue weighted by atomic mass is 10.1. The fraction of sp³-hybridized carbons (Fsp3) is 0.579. The number of carbonyl (C=O) groups is 2. The standard InChI is InChI=1S/C19H29NO4/c1-2-3-4-5-6-10-15-23-18(21)13-14-20-19(22)24-16-17-11-8-7-9-12-17/h7-9,11-12H,2-6,10,13-16H2,1H3,(H,20,22). The minimum Gasteiger partial charge on any atom is -0.466 e. The van der Waals surface area contributed by atoms with Crippen molar-refractivity contribution in [2.45, 2.75) is 58.5 Å². The molecule has 1 aromatic carbocycles. The number of carbonyl (C=O) groups excluding carboxylic acids is 2. The summed E-state index contributed by atoms with van der Waals surface area (Å²) < 4.78 is 10.2. The van der Waals surface area contributed by atoms with Gasteiger partial charge in [0.2, 0.25) is 0 Å². The first kappa shape index (κ1) is 20.0. The number of alkyl carbamates (subject to hydrolysis) is 1. The largest absolute Gasteiger partial charge is 0.466 e. The second-order valence-corrected chi connectivity index (χ2v) is 5.73. The maximum atomic E-state index is 11.5. The molecular formula is C19H29NO4. The first-order valence-electron chi connectivity index (χ1n) is 8.82. The van der Waals surface area contributed by atoms with Crippen LogP contribution in [0, 0.1) is 0 Å². The zero-order chi connectivity index (χ0) is 17.5. The van der Waals surface area contributed by atoms with Crippen LogP contribution in [0.5, 0.6) is 0 Å². The molecule has 0 aliphatic heterocycles. The number of nitrogens with one attached hydrogen (secondary N) is 1. The Kier molecular flexibility index (Phi) is 11.2. The number of benzene rings is 1. The van der Waals surface area contributed by atoms with Crippen molar-refractivity contribution in [1.82, 2.24) is 5.32 Å². The van der Waals surface area contributed by atoms with Gasteiger partial charge in [-0.3, -0.25) is 4.79 Å². The second kappa shape index (κ2) is 13.4. The summed E-state index contributed by atoms with van der Waals surface area (Å²) >= 11 is 0. The summed E-state index contributed by atoms with van der Waals surface area (Å²) in [5, 5.41) is 2.55. The van der Waals surface area contributed by atoms with Crippen molar-refractivity contribution in [3.63, 3.8) is 0 Å². The van der Waals surface area contributed by atoms with Crippen molar-refractivity contribution in [1.29, 1.82) is 0 Å². The molecule has 134 valence electrons. The number of esters is 1. The van der Waals surface area contributed by atoms with E-state index in [1.54, 1.807) is 0 Å². The van der Waals surface area contributed by atoms with Crippen LogP contribution in [-0.2, 0) is 20.9 Å². The van der Waals surface area contributed by atoms with Crippen LogP contribution in [0.1, 0.15) is 57.4 Å². The molecule has 1 amide bonds. The zero-order valence-electron chi connectivity index (χ0n) is 14.6. The van der Waals surface area contributed by atoms with Gasteiger partial charge in [-0.05, 0) is 12.0 Å². The third-order valence-corrected chi connectivity index (χ3v) is 3.57. The van der Waals surface area contributed by atoms with Gasteiger partial charge in [-0.2, -0.15) is 0 Å². The summed E-state index contributed by atoms with van der Waals surface area (Å²) in [7, 11) is 0. The predicted molar refractivity (Wildman–Crippen MR) is 93.6 cm³/mol. The monoisotopic (exact) mass is 335 g/mol. The third-order valence-electron chi connectivity index (χ3n) is 3.57. The van der Waals surface area contributed by atoms with E-state index in [-0.39, 0.29) is 25.5 Å². The van der Waals surface area contributed by atoms with Crippen LogP contribution in [0.25, 0.3) is 0 Å². The van der Waals surface area contributed by atoms with Gasteiger partial charge < -0.3 is 14.8 Å². The minimum atomic E-state index is -0.525. The van der Waals surface area contributed by atoms with E-state index in [2.05, 4.69) is 12.2 Å². The Balaban J connectivity index is 1.95. The van der Waals surface area contributed by atoms with E-state index in [4.69, 9.17) is 9.47 Å². The number of hydrogen-bond acceptors (Lipinski definition) is 4. The molecule has 24 heavy (non-hydrogen) atoms. The highest BCUT2D eigenvalue weighted by atomic mass is 16.5. The average Bonchev–Trinajstić information content (AvgIpc) is 2.60. The lowest BCUT2D eigenvalue weighted by Gasteiger charge is -2.07. The van der Waals surface area contributed by atoms with E-state index in [1.807, 2.05) is 30.3 Å². The second-order valence-electron chi connectivity index (χ2n) is 5.73. The molecule has 0 unspecified atom stereocenters. The topological polar surface area (TPSA) is 64.6 Å². The van der Waals surface area contributed by atoms with E-state index >= 15 is 0 Å². The van der Waals surface area contributed by atoms with Gasteiger partial charge in [0, 0.05) is 6.54 Å². The van der Waals surface area contributed by atoms with Crippen molar-refractivity contribution >= 4 is 12.1 Å². The highest BCUT2D eigenvalue weighted by Gasteiger charge is 2.06. The molecule has 0 saturated heterocycles. The number of ether oxygens (including phenoxy) is 2. The molecule has 0 heterocycles. The SMILES string of the molecule is CCCCCCCCOC(=O)CCNC(=O)OCc1ccccc1. The summed E-state index contributed by atoms with van der Waals surface area (Å²) in [6.45, 7) is 3.09. The lowest BCUT2D eigenvalue weighted by Crippen LogP contribution is -2.27. The fourth-order valence-electron chi connectivity index (χ4n) is 2.18. The molecule has 0 aliphatic carbocycles. The van der Waals surface area contributed by atoms with E-state index in [9.17, 15) is 9.59 Å².